The van der Waals surface area contributed by atoms with Gasteiger partial charge in [0.15, 0.2) is 0 Å². The fourth-order valence-electron chi connectivity index (χ4n) is 1.54. The largest absolute Gasteiger partial charge is 0.508 e. The molecule has 0 atom stereocenters. The lowest BCUT2D eigenvalue weighted by Crippen LogP contribution is -1.96. The van der Waals surface area contributed by atoms with Gasteiger partial charge in [0, 0.05) is 11.9 Å². The number of hydrogen-bond acceptors (Lipinski definition) is 6. The molecular formula is C12H12N6O. The van der Waals surface area contributed by atoms with Crippen LogP contribution in [0.3, 0.4) is 0 Å². The zero-order chi connectivity index (χ0) is 13.8. The summed E-state index contributed by atoms with van der Waals surface area (Å²) in [4.78, 5) is 0. The number of rotatable bonds is 3. The van der Waals surface area contributed by atoms with E-state index in [2.05, 4.69) is 25.9 Å². The lowest BCUT2D eigenvalue weighted by atomic mass is 10.1. The number of nitrogens with zero attached hydrogens (tertiary/aromatic N) is 4. The number of benzene rings is 1. The van der Waals surface area contributed by atoms with Crippen molar-refractivity contribution >= 4 is 11.3 Å². The molecule has 3 N–H and O–H groups in total. The van der Waals surface area contributed by atoms with E-state index < -0.39 is 0 Å². The van der Waals surface area contributed by atoms with E-state index in [9.17, 15) is 5.11 Å². The molecule has 0 aliphatic heterocycles. The molecule has 0 fully saturated rings. The molecule has 1 aromatic carbocycles. The molecule has 0 radical (unpaired) electrons. The average Bonchev–Trinajstić information content (AvgIpc) is 2.93. The number of anilines is 1. The van der Waals surface area contributed by atoms with Crippen LogP contribution in [0.4, 0.5) is 5.69 Å². The molecule has 0 saturated heterocycles. The summed E-state index contributed by atoms with van der Waals surface area (Å²) in [6.07, 6.45) is 1.50. The van der Waals surface area contributed by atoms with Gasteiger partial charge in [-0.15, -0.1) is 10.2 Å². The Morgan fingerprint density at radius 1 is 1.42 bits per heavy atom. The third-order valence-corrected chi connectivity index (χ3v) is 2.84. The Morgan fingerprint density at radius 2 is 2.21 bits per heavy atom. The SMILES string of the molecule is Cc1c(O)ccc(NC=C(C#N)c2nn[nH]n2)c1C. The molecule has 2 rings (SSSR count). The number of allylic oxidation sites excluding steroid dienone is 1. The van der Waals surface area contributed by atoms with Crippen LogP contribution in [0.2, 0.25) is 0 Å². The lowest BCUT2D eigenvalue weighted by molar-refractivity contribution is 0.470. The summed E-state index contributed by atoms with van der Waals surface area (Å²) in [6, 6.07) is 5.32. The Kier molecular flexibility index (Phi) is 3.43. The molecule has 0 bridgehead atoms. The number of nitriles is 1. The van der Waals surface area contributed by atoms with Gasteiger partial charge in [0.05, 0.1) is 0 Å². The predicted molar refractivity (Wildman–Crippen MR) is 69.0 cm³/mol. The van der Waals surface area contributed by atoms with Crippen LogP contribution in [0.1, 0.15) is 17.0 Å². The molecule has 0 unspecified atom stereocenters. The number of aromatic hydroxyl groups is 1. The van der Waals surface area contributed by atoms with Crippen molar-refractivity contribution in [3.8, 4) is 11.8 Å². The van der Waals surface area contributed by atoms with Crippen molar-refractivity contribution in [3.63, 3.8) is 0 Å². The maximum atomic E-state index is 9.57. The summed E-state index contributed by atoms with van der Waals surface area (Å²) in [6.45, 7) is 3.70. The second-order valence-corrected chi connectivity index (χ2v) is 3.93. The third kappa shape index (κ3) is 2.52. The molecule has 0 amide bonds. The van der Waals surface area contributed by atoms with Crippen LogP contribution in [0.5, 0.6) is 5.75 Å². The highest BCUT2D eigenvalue weighted by Gasteiger charge is 2.07. The quantitative estimate of drug-likeness (QED) is 0.567. The highest BCUT2D eigenvalue weighted by Crippen LogP contribution is 2.26. The molecule has 0 spiro atoms. The van der Waals surface area contributed by atoms with Crippen molar-refractivity contribution in [2.75, 3.05) is 5.32 Å². The van der Waals surface area contributed by atoms with Gasteiger partial charge in [0.25, 0.3) is 0 Å². The Morgan fingerprint density at radius 3 is 2.84 bits per heavy atom. The minimum absolute atomic E-state index is 0.225. The number of H-pyrrole nitrogens is 1. The molecule has 19 heavy (non-hydrogen) atoms. The average molecular weight is 256 g/mol. The Bertz CT molecular complexity index is 654. The monoisotopic (exact) mass is 256 g/mol. The number of nitrogens with one attached hydrogen (secondary N) is 2. The van der Waals surface area contributed by atoms with Crippen molar-refractivity contribution < 1.29 is 5.11 Å². The van der Waals surface area contributed by atoms with Crippen LogP contribution >= 0.6 is 0 Å². The minimum atomic E-state index is 0.225. The molecule has 2 aromatic rings. The van der Waals surface area contributed by atoms with E-state index in [0.29, 0.717) is 0 Å². The minimum Gasteiger partial charge on any atom is -0.508 e. The Labute approximate surface area is 109 Å². The van der Waals surface area contributed by atoms with Crippen molar-refractivity contribution in [1.82, 2.24) is 20.6 Å². The zero-order valence-corrected chi connectivity index (χ0v) is 10.5. The molecule has 0 saturated carbocycles. The van der Waals surface area contributed by atoms with Gasteiger partial charge in [0.2, 0.25) is 5.82 Å². The predicted octanol–water partition coefficient (Wildman–Crippen LogP) is 1.50. The molecule has 96 valence electrons. The van der Waals surface area contributed by atoms with E-state index in [1.165, 1.54) is 6.20 Å². The zero-order valence-electron chi connectivity index (χ0n) is 10.5. The number of aromatic amines is 1. The number of phenolic OH excluding ortho intramolecular Hbond substituents is 1. The van der Waals surface area contributed by atoms with E-state index in [1.807, 2.05) is 19.9 Å². The summed E-state index contributed by atoms with van der Waals surface area (Å²) in [5.74, 6) is 0.467. The van der Waals surface area contributed by atoms with Crippen LogP contribution in [-0.2, 0) is 0 Å². The van der Waals surface area contributed by atoms with Crippen LogP contribution in [0.25, 0.3) is 5.57 Å². The van der Waals surface area contributed by atoms with Crippen molar-refractivity contribution in [2.24, 2.45) is 0 Å². The van der Waals surface area contributed by atoms with Gasteiger partial charge in [-0.05, 0) is 42.3 Å². The van der Waals surface area contributed by atoms with E-state index in [-0.39, 0.29) is 17.1 Å². The molecule has 7 nitrogen and oxygen atoms in total. The molecule has 0 aliphatic rings. The van der Waals surface area contributed by atoms with Crippen molar-refractivity contribution in [3.05, 3.63) is 35.3 Å². The van der Waals surface area contributed by atoms with Crippen molar-refractivity contribution in [1.29, 1.82) is 5.26 Å². The Hall–Kier alpha value is -2.88. The number of phenols is 1. The summed E-state index contributed by atoms with van der Waals surface area (Å²) in [5, 5.41) is 34.8. The second-order valence-electron chi connectivity index (χ2n) is 3.93. The highest BCUT2D eigenvalue weighted by molar-refractivity contribution is 5.74. The normalized spacial score (nSPS) is 11.1. The maximum absolute atomic E-state index is 9.57. The van der Waals surface area contributed by atoms with Gasteiger partial charge >= 0.3 is 0 Å². The summed E-state index contributed by atoms with van der Waals surface area (Å²) in [5.41, 5.74) is 2.75. The fourth-order valence-corrected chi connectivity index (χ4v) is 1.54. The number of tetrazole rings is 1. The van der Waals surface area contributed by atoms with Gasteiger partial charge in [-0.2, -0.15) is 10.5 Å². The second kappa shape index (κ2) is 5.18. The van der Waals surface area contributed by atoms with Gasteiger partial charge in [0.1, 0.15) is 17.4 Å². The Balaban J connectivity index is 2.28. The van der Waals surface area contributed by atoms with Gasteiger partial charge in [-0.1, -0.05) is 0 Å². The van der Waals surface area contributed by atoms with E-state index in [0.717, 1.165) is 16.8 Å². The molecular weight excluding hydrogens is 244 g/mol. The van der Waals surface area contributed by atoms with Crippen LogP contribution < -0.4 is 5.32 Å². The van der Waals surface area contributed by atoms with Gasteiger partial charge < -0.3 is 10.4 Å². The summed E-state index contributed by atoms with van der Waals surface area (Å²) < 4.78 is 0. The first-order valence-corrected chi connectivity index (χ1v) is 5.53. The smallest absolute Gasteiger partial charge is 0.216 e. The van der Waals surface area contributed by atoms with Gasteiger partial charge in [-0.25, -0.2) is 0 Å². The van der Waals surface area contributed by atoms with Gasteiger partial charge in [-0.3, -0.25) is 0 Å². The maximum Gasteiger partial charge on any atom is 0.216 e. The highest BCUT2D eigenvalue weighted by atomic mass is 16.3. The molecule has 1 aromatic heterocycles. The van der Waals surface area contributed by atoms with Crippen LogP contribution in [0.15, 0.2) is 18.3 Å². The first-order chi connectivity index (χ1) is 9.13. The van der Waals surface area contributed by atoms with E-state index in [1.54, 1.807) is 12.1 Å². The first kappa shape index (κ1) is 12.6. The number of hydrogen-bond donors (Lipinski definition) is 3. The number of aromatic nitrogens is 4. The van der Waals surface area contributed by atoms with E-state index in [4.69, 9.17) is 5.26 Å². The first-order valence-electron chi connectivity index (χ1n) is 5.53. The van der Waals surface area contributed by atoms with Crippen LogP contribution in [0, 0.1) is 25.2 Å². The fraction of sp³-hybridized carbons (Fsp3) is 0.167. The molecule has 7 heteroatoms. The topological polar surface area (TPSA) is 111 Å². The van der Waals surface area contributed by atoms with Crippen LogP contribution in [-0.4, -0.2) is 25.7 Å². The molecule has 0 aliphatic carbocycles. The summed E-state index contributed by atoms with van der Waals surface area (Å²) >= 11 is 0. The molecule has 1 heterocycles. The standard InChI is InChI=1S/C12H12N6O/c1-7-8(2)11(19)4-3-10(7)14-6-9(5-13)12-15-17-18-16-12/h3-4,6,14,19H,1-2H3,(H,15,16,17,18). The summed E-state index contributed by atoms with van der Waals surface area (Å²) in [7, 11) is 0. The third-order valence-electron chi connectivity index (χ3n) is 2.84. The van der Waals surface area contributed by atoms with Crippen molar-refractivity contribution in [2.45, 2.75) is 13.8 Å². The lowest BCUT2D eigenvalue weighted by Gasteiger charge is -2.09. The van der Waals surface area contributed by atoms with E-state index >= 15 is 0 Å².